The van der Waals surface area contributed by atoms with Crippen molar-refractivity contribution in [3.8, 4) is 22.6 Å². The van der Waals surface area contributed by atoms with Crippen LogP contribution in [0.2, 0.25) is 5.15 Å². The van der Waals surface area contributed by atoms with Gasteiger partial charge in [0.25, 0.3) is 0 Å². The van der Waals surface area contributed by atoms with Gasteiger partial charge in [0.1, 0.15) is 52.0 Å². The Bertz CT molecular complexity index is 2190. The van der Waals surface area contributed by atoms with Crippen molar-refractivity contribution in [3.05, 3.63) is 88.4 Å². The summed E-state index contributed by atoms with van der Waals surface area (Å²) in [5, 5.41) is 5.72. The van der Waals surface area contributed by atoms with Gasteiger partial charge in [0, 0.05) is 46.7 Å². The summed E-state index contributed by atoms with van der Waals surface area (Å²) < 4.78 is 16.9. The number of likely N-dealkylation sites (tertiary alicyclic amines) is 1. The van der Waals surface area contributed by atoms with Gasteiger partial charge >= 0.3 is 6.09 Å². The van der Waals surface area contributed by atoms with Gasteiger partial charge in [-0.3, -0.25) is 0 Å². The fraction of sp³-hybridized carbons (Fsp3) is 0.359. The van der Waals surface area contributed by atoms with Crippen LogP contribution in [-0.2, 0) is 4.74 Å². The number of piperidine rings is 2. The maximum atomic E-state index is 12.2. The van der Waals surface area contributed by atoms with Crippen LogP contribution in [0.3, 0.4) is 0 Å². The molecule has 1 amide bonds. The molecule has 8 rings (SSSR count). The molecular weight excluding hydrogens is 805 g/mol. The van der Waals surface area contributed by atoms with Crippen LogP contribution in [0, 0.1) is 3.57 Å². The number of carbonyl (C=O) groups excluding carboxylic acids is 1. The predicted octanol–water partition coefficient (Wildman–Crippen LogP) is 8.66. The monoisotopic (exact) mass is 847 g/mol. The smallest absolute Gasteiger partial charge is 0.410 e. The van der Waals surface area contributed by atoms with Gasteiger partial charge in [0.05, 0.1) is 10.8 Å². The van der Waals surface area contributed by atoms with Gasteiger partial charge in [-0.2, -0.15) is 0 Å². The summed E-state index contributed by atoms with van der Waals surface area (Å²) in [5.41, 5.74) is 9.70. The Morgan fingerprint density at radius 1 is 0.830 bits per heavy atom. The van der Waals surface area contributed by atoms with E-state index in [0.717, 1.165) is 87.0 Å². The molecule has 2 aromatic carbocycles. The molecule has 0 aliphatic carbocycles. The molecule has 14 heteroatoms. The number of amides is 1. The Labute approximate surface area is 327 Å². The molecule has 6 aromatic rings. The molecule has 0 saturated carbocycles. The zero-order chi connectivity index (χ0) is 37.1. The second-order valence-corrected chi connectivity index (χ2v) is 15.8. The lowest BCUT2D eigenvalue weighted by atomic mass is 10.1. The predicted molar refractivity (Wildman–Crippen MR) is 216 cm³/mol. The van der Waals surface area contributed by atoms with Crippen LogP contribution in [0.4, 0.5) is 10.6 Å². The minimum atomic E-state index is -0.464. The van der Waals surface area contributed by atoms with E-state index in [2.05, 4.69) is 81.5 Å². The van der Waals surface area contributed by atoms with Gasteiger partial charge < -0.3 is 34.6 Å². The van der Waals surface area contributed by atoms with E-state index in [1.165, 1.54) is 6.33 Å². The quantitative estimate of drug-likeness (QED) is 0.129. The van der Waals surface area contributed by atoms with Crippen LogP contribution in [0.15, 0.2) is 79.6 Å². The van der Waals surface area contributed by atoms with Crippen LogP contribution in [-0.4, -0.2) is 71.8 Å². The van der Waals surface area contributed by atoms with Crippen LogP contribution in [0.1, 0.15) is 58.5 Å². The molecule has 3 N–H and O–H groups in total. The number of halogens is 2. The number of nitrogen functional groups attached to an aromatic ring is 1. The first-order chi connectivity index (χ1) is 25.6. The Morgan fingerprint density at radius 2 is 1.43 bits per heavy atom. The first-order valence-corrected chi connectivity index (χ1v) is 19.3. The number of nitrogens with zero attached hydrogens (tertiary/aromatic N) is 7. The van der Waals surface area contributed by atoms with Crippen LogP contribution >= 0.6 is 34.2 Å². The highest BCUT2D eigenvalue weighted by Gasteiger charge is 2.29. The maximum absolute atomic E-state index is 12.2. The maximum Gasteiger partial charge on any atom is 0.410 e. The topological polar surface area (TPSA) is 138 Å². The number of carbonyl (C=O) groups is 1. The van der Waals surface area contributed by atoms with Crippen molar-refractivity contribution >= 4 is 68.2 Å². The number of ether oxygens (including phenoxy) is 2. The molecule has 2 aliphatic heterocycles. The second kappa shape index (κ2) is 15.9. The highest BCUT2D eigenvalue weighted by atomic mass is 127. The molecule has 0 radical (unpaired) electrons. The summed E-state index contributed by atoms with van der Waals surface area (Å²) in [4.78, 5) is 31.2. The lowest BCUT2D eigenvalue weighted by Gasteiger charge is -2.34. The number of rotatable bonds is 5. The summed E-state index contributed by atoms with van der Waals surface area (Å²) in [6, 6.07) is 18.6. The van der Waals surface area contributed by atoms with Crippen molar-refractivity contribution in [2.75, 3.05) is 31.9 Å². The number of benzene rings is 2. The summed E-state index contributed by atoms with van der Waals surface area (Å²) in [6.07, 6.45) is 10.9. The highest BCUT2D eigenvalue weighted by molar-refractivity contribution is 14.1. The zero-order valence-electron chi connectivity index (χ0n) is 30.0. The van der Waals surface area contributed by atoms with E-state index in [0.29, 0.717) is 36.1 Å². The zero-order valence-corrected chi connectivity index (χ0v) is 32.9. The normalized spacial score (nSPS) is 15.7. The number of aromatic nitrogens is 6. The average molecular weight is 848 g/mol. The molecule has 53 heavy (non-hydrogen) atoms. The van der Waals surface area contributed by atoms with E-state index >= 15 is 0 Å². The van der Waals surface area contributed by atoms with Crippen LogP contribution in [0.5, 0.6) is 11.5 Å². The molecule has 0 unspecified atom stereocenters. The SMILES string of the molecule is CC(C)(C)OC(=O)N1CCC(n2cc(I)c3c(Cl)ncnc32)CC1.Nc1ncnc2c1c(-c1ccc(Oc3ccccc3)cc1)cn2C1CCNCC1. The minimum Gasteiger partial charge on any atom is -0.457 e. The molecule has 276 valence electrons. The molecule has 2 aliphatic rings. The Hall–Kier alpha value is -4.47. The summed E-state index contributed by atoms with van der Waals surface area (Å²) in [5.74, 6) is 2.13. The number of nitrogens with two attached hydrogens (primary N) is 1. The number of para-hydroxylation sites is 1. The van der Waals surface area contributed by atoms with Gasteiger partial charge in [0.2, 0.25) is 0 Å². The molecule has 0 spiro atoms. The second-order valence-electron chi connectivity index (χ2n) is 14.3. The van der Waals surface area contributed by atoms with E-state index < -0.39 is 5.60 Å². The molecule has 0 bridgehead atoms. The number of hydrogen-bond donors (Lipinski definition) is 2. The summed E-state index contributed by atoms with van der Waals surface area (Å²) in [6.45, 7) is 9.04. The van der Waals surface area contributed by atoms with Crippen molar-refractivity contribution in [1.29, 1.82) is 0 Å². The standard InChI is InChI=1S/C23H23N5O.C16H20ClIN4O2/c24-22-21-20(14-28(23(21)27-15-26-22)17-10-12-25-13-11-17)16-6-8-19(9-7-16)29-18-4-2-1-3-5-18;1-16(2,3)24-15(23)21-6-4-10(5-7-21)22-8-11(18)12-13(17)19-9-20-14(12)22/h1-9,14-15,17,25H,10-13H2,(H2,24,26,27);8-10H,4-7H2,1-3H3. The van der Waals surface area contributed by atoms with Gasteiger partial charge in [-0.15, -0.1) is 0 Å². The molecule has 6 heterocycles. The lowest BCUT2D eigenvalue weighted by molar-refractivity contribution is 0.0189. The van der Waals surface area contributed by atoms with E-state index in [4.69, 9.17) is 26.8 Å². The number of fused-ring (bicyclic) bond motifs is 2. The Morgan fingerprint density at radius 3 is 2.11 bits per heavy atom. The van der Waals surface area contributed by atoms with Crippen molar-refractivity contribution in [3.63, 3.8) is 0 Å². The van der Waals surface area contributed by atoms with Crippen molar-refractivity contribution in [1.82, 2.24) is 39.3 Å². The van der Waals surface area contributed by atoms with Gasteiger partial charge in [0.15, 0.2) is 0 Å². The average Bonchev–Trinajstić information content (AvgIpc) is 3.72. The third-order valence-corrected chi connectivity index (χ3v) is 10.6. The fourth-order valence-corrected chi connectivity index (χ4v) is 8.14. The van der Waals surface area contributed by atoms with Crippen molar-refractivity contribution in [2.24, 2.45) is 0 Å². The van der Waals surface area contributed by atoms with E-state index in [9.17, 15) is 4.79 Å². The van der Waals surface area contributed by atoms with E-state index in [1.807, 2.05) is 63.2 Å². The van der Waals surface area contributed by atoms with Crippen molar-refractivity contribution in [2.45, 2.75) is 64.1 Å². The fourth-order valence-electron chi connectivity index (χ4n) is 6.95. The first-order valence-electron chi connectivity index (χ1n) is 17.9. The lowest BCUT2D eigenvalue weighted by Crippen LogP contribution is -2.42. The number of hydrogen-bond acceptors (Lipinski definition) is 9. The molecule has 0 atom stereocenters. The third-order valence-electron chi connectivity index (χ3n) is 9.51. The summed E-state index contributed by atoms with van der Waals surface area (Å²) in [7, 11) is 0. The first kappa shape index (κ1) is 36.9. The minimum absolute atomic E-state index is 0.238. The van der Waals surface area contributed by atoms with Gasteiger partial charge in [-0.1, -0.05) is 41.9 Å². The number of anilines is 1. The van der Waals surface area contributed by atoms with Crippen molar-refractivity contribution < 1.29 is 14.3 Å². The molecule has 2 fully saturated rings. The largest absolute Gasteiger partial charge is 0.457 e. The molecular formula is C39H43ClIN9O3. The van der Waals surface area contributed by atoms with Crippen LogP contribution < -0.4 is 15.8 Å². The van der Waals surface area contributed by atoms with E-state index in [-0.39, 0.29) is 6.09 Å². The molecule has 2 saturated heterocycles. The van der Waals surface area contributed by atoms with Gasteiger partial charge in [-0.25, -0.2) is 24.7 Å². The molecule has 4 aromatic heterocycles. The third kappa shape index (κ3) is 8.36. The van der Waals surface area contributed by atoms with E-state index in [1.54, 1.807) is 11.2 Å². The number of nitrogens with one attached hydrogen (secondary N) is 1. The van der Waals surface area contributed by atoms with Gasteiger partial charge in [-0.05, 0) is 112 Å². The summed E-state index contributed by atoms with van der Waals surface area (Å²) >= 11 is 8.46. The Balaban J connectivity index is 0.000000168. The van der Waals surface area contributed by atoms with Crippen LogP contribution in [0.25, 0.3) is 33.2 Å². The highest BCUT2D eigenvalue weighted by Crippen LogP contribution is 2.37. The molecule has 12 nitrogen and oxygen atoms in total. The Kier molecular flexibility index (Phi) is 11.0.